The first-order valence-corrected chi connectivity index (χ1v) is 8.52. The summed E-state index contributed by atoms with van der Waals surface area (Å²) in [5.41, 5.74) is 3.54. The van der Waals surface area contributed by atoms with Crippen LogP contribution in [0.4, 0.5) is 0 Å². The third kappa shape index (κ3) is 4.85. The molecule has 0 aliphatic heterocycles. The van der Waals surface area contributed by atoms with Crippen molar-refractivity contribution in [3.63, 3.8) is 0 Å². The molecule has 1 amide bonds. The zero-order valence-electron chi connectivity index (χ0n) is 16.6. The van der Waals surface area contributed by atoms with Crippen molar-refractivity contribution in [2.45, 2.75) is 6.92 Å². The van der Waals surface area contributed by atoms with Crippen molar-refractivity contribution < 1.29 is 28.5 Å². The smallest absolute Gasteiger partial charge is 0.271 e. The van der Waals surface area contributed by atoms with Crippen LogP contribution in [0.1, 0.15) is 22.8 Å². The molecule has 8 heteroatoms. The van der Waals surface area contributed by atoms with Crippen molar-refractivity contribution in [2.24, 2.45) is 5.10 Å². The van der Waals surface area contributed by atoms with Crippen molar-refractivity contribution in [3.05, 3.63) is 41.5 Å². The van der Waals surface area contributed by atoms with Crippen molar-refractivity contribution in [1.29, 1.82) is 0 Å². The number of ether oxygens (including phenoxy) is 5. The number of hydrogen-bond acceptors (Lipinski definition) is 7. The van der Waals surface area contributed by atoms with E-state index in [1.54, 1.807) is 37.4 Å². The van der Waals surface area contributed by atoms with Gasteiger partial charge in [0.05, 0.1) is 41.3 Å². The van der Waals surface area contributed by atoms with Gasteiger partial charge in [0.1, 0.15) is 0 Å². The maximum Gasteiger partial charge on any atom is 0.271 e. The van der Waals surface area contributed by atoms with E-state index in [0.29, 0.717) is 40.9 Å². The van der Waals surface area contributed by atoms with Gasteiger partial charge in [0.25, 0.3) is 5.91 Å². The van der Waals surface area contributed by atoms with Gasteiger partial charge in [-0.15, -0.1) is 0 Å². The Balaban J connectivity index is 2.16. The minimum atomic E-state index is -0.422. The molecule has 0 saturated heterocycles. The zero-order valence-corrected chi connectivity index (χ0v) is 16.6. The van der Waals surface area contributed by atoms with Gasteiger partial charge in [0, 0.05) is 5.56 Å². The average Bonchev–Trinajstić information content (AvgIpc) is 2.72. The molecule has 0 unspecified atom stereocenters. The maximum absolute atomic E-state index is 12.4. The van der Waals surface area contributed by atoms with Crippen LogP contribution >= 0.6 is 0 Å². The first-order chi connectivity index (χ1) is 13.6. The van der Waals surface area contributed by atoms with Crippen LogP contribution in [0.2, 0.25) is 0 Å². The average molecular weight is 388 g/mol. The van der Waals surface area contributed by atoms with Gasteiger partial charge in [-0.1, -0.05) is 0 Å². The predicted octanol–water partition coefficient (Wildman–Crippen LogP) is 2.88. The molecule has 0 bridgehead atoms. The van der Waals surface area contributed by atoms with E-state index in [-0.39, 0.29) is 0 Å². The van der Waals surface area contributed by atoms with Crippen LogP contribution in [0.15, 0.2) is 35.4 Å². The number of hydrogen-bond donors (Lipinski definition) is 1. The number of nitrogens with zero attached hydrogens (tertiary/aromatic N) is 1. The lowest BCUT2D eigenvalue weighted by molar-refractivity contribution is 0.0954. The van der Waals surface area contributed by atoms with Crippen LogP contribution < -0.4 is 29.1 Å². The molecule has 28 heavy (non-hydrogen) atoms. The Kier molecular flexibility index (Phi) is 7.50. The van der Waals surface area contributed by atoms with Crippen LogP contribution in [0.25, 0.3) is 0 Å². The SMILES string of the molecule is CCOc1cc(/C=N\NC(=O)c2cc(OC)c(OC)c(OC)c2)ccc1OC. The fourth-order valence-corrected chi connectivity index (χ4v) is 2.48. The highest BCUT2D eigenvalue weighted by atomic mass is 16.5. The lowest BCUT2D eigenvalue weighted by Gasteiger charge is -2.13. The molecule has 0 aromatic heterocycles. The predicted molar refractivity (Wildman–Crippen MR) is 105 cm³/mol. The van der Waals surface area contributed by atoms with Gasteiger partial charge in [-0.05, 0) is 42.8 Å². The molecule has 0 atom stereocenters. The van der Waals surface area contributed by atoms with Crippen LogP contribution in [0, 0.1) is 0 Å². The molecule has 2 aromatic rings. The van der Waals surface area contributed by atoms with Crippen molar-refractivity contribution in [3.8, 4) is 28.7 Å². The fourth-order valence-electron chi connectivity index (χ4n) is 2.48. The van der Waals surface area contributed by atoms with Gasteiger partial charge >= 0.3 is 0 Å². The van der Waals surface area contributed by atoms with Gasteiger partial charge in [0.2, 0.25) is 5.75 Å². The lowest BCUT2D eigenvalue weighted by Crippen LogP contribution is -2.18. The van der Waals surface area contributed by atoms with E-state index in [0.717, 1.165) is 5.56 Å². The van der Waals surface area contributed by atoms with E-state index in [9.17, 15) is 4.79 Å². The van der Waals surface area contributed by atoms with Crippen molar-refractivity contribution in [2.75, 3.05) is 35.0 Å². The molecule has 0 spiro atoms. The molecule has 0 heterocycles. The second-order valence-electron chi connectivity index (χ2n) is 5.46. The van der Waals surface area contributed by atoms with Gasteiger partial charge in [0.15, 0.2) is 23.0 Å². The summed E-state index contributed by atoms with van der Waals surface area (Å²) in [6.07, 6.45) is 1.51. The summed E-state index contributed by atoms with van der Waals surface area (Å²) < 4.78 is 26.5. The monoisotopic (exact) mass is 388 g/mol. The minimum Gasteiger partial charge on any atom is -0.493 e. The van der Waals surface area contributed by atoms with Crippen LogP contribution in [-0.4, -0.2) is 47.2 Å². The van der Waals surface area contributed by atoms with Crippen LogP contribution in [0.5, 0.6) is 28.7 Å². The summed E-state index contributed by atoms with van der Waals surface area (Å²) in [7, 11) is 6.03. The molecule has 1 N–H and O–H groups in total. The summed E-state index contributed by atoms with van der Waals surface area (Å²) in [6, 6.07) is 8.45. The summed E-state index contributed by atoms with van der Waals surface area (Å²) >= 11 is 0. The molecular weight excluding hydrogens is 364 g/mol. The normalized spacial score (nSPS) is 10.5. The Hall–Kier alpha value is -3.42. The number of carbonyl (C=O) groups is 1. The number of benzene rings is 2. The molecule has 0 fully saturated rings. The highest BCUT2D eigenvalue weighted by Crippen LogP contribution is 2.38. The molecule has 0 saturated carbocycles. The zero-order chi connectivity index (χ0) is 20.5. The number of hydrazone groups is 1. The van der Waals surface area contributed by atoms with Crippen LogP contribution in [-0.2, 0) is 0 Å². The Morgan fingerprint density at radius 3 is 2.11 bits per heavy atom. The Morgan fingerprint density at radius 2 is 1.57 bits per heavy atom. The Morgan fingerprint density at radius 1 is 0.929 bits per heavy atom. The molecule has 0 aliphatic carbocycles. The first-order valence-electron chi connectivity index (χ1n) is 8.52. The maximum atomic E-state index is 12.4. The van der Waals surface area contributed by atoms with Gasteiger partial charge < -0.3 is 23.7 Å². The topological polar surface area (TPSA) is 87.6 Å². The third-order valence-corrected chi connectivity index (χ3v) is 3.79. The molecule has 8 nitrogen and oxygen atoms in total. The second kappa shape index (κ2) is 10.1. The number of methoxy groups -OCH3 is 4. The highest BCUT2D eigenvalue weighted by molar-refractivity contribution is 5.96. The summed E-state index contributed by atoms with van der Waals surface area (Å²) in [4.78, 5) is 12.4. The van der Waals surface area contributed by atoms with Crippen LogP contribution in [0.3, 0.4) is 0 Å². The number of carbonyl (C=O) groups excluding carboxylic acids is 1. The number of rotatable bonds is 9. The van der Waals surface area contributed by atoms with E-state index in [1.165, 1.54) is 27.5 Å². The van der Waals surface area contributed by atoms with E-state index in [4.69, 9.17) is 23.7 Å². The summed E-state index contributed by atoms with van der Waals surface area (Å²) in [6.45, 7) is 2.40. The van der Waals surface area contributed by atoms with E-state index in [1.807, 2.05) is 6.92 Å². The van der Waals surface area contributed by atoms with Crippen molar-refractivity contribution >= 4 is 12.1 Å². The van der Waals surface area contributed by atoms with E-state index < -0.39 is 5.91 Å². The Labute approximate surface area is 164 Å². The van der Waals surface area contributed by atoms with Gasteiger partial charge in [-0.3, -0.25) is 4.79 Å². The van der Waals surface area contributed by atoms with Gasteiger partial charge in [-0.2, -0.15) is 5.10 Å². The molecule has 2 rings (SSSR count). The van der Waals surface area contributed by atoms with Crippen molar-refractivity contribution in [1.82, 2.24) is 5.43 Å². The largest absolute Gasteiger partial charge is 0.493 e. The fraction of sp³-hybridized carbons (Fsp3) is 0.300. The lowest BCUT2D eigenvalue weighted by atomic mass is 10.1. The number of nitrogens with one attached hydrogen (secondary N) is 1. The van der Waals surface area contributed by atoms with E-state index >= 15 is 0 Å². The molecular formula is C20H24N2O6. The molecule has 0 aliphatic rings. The quantitative estimate of drug-likeness (QED) is 0.525. The summed E-state index contributed by atoms with van der Waals surface area (Å²) in [5, 5.41) is 3.99. The second-order valence-corrected chi connectivity index (χ2v) is 5.46. The van der Waals surface area contributed by atoms with Gasteiger partial charge in [-0.25, -0.2) is 5.43 Å². The highest BCUT2D eigenvalue weighted by Gasteiger charge is 2.16. The van der Waals surface area contributed by atoms with E-state index in [2.05, 4.69) is 10.5 Å². The first kappa shape index (κ1) is 20.9. The number of amides is 1. The Bertz CT molecular complexity index is 826. The molecule has 0 radical (unpaired) electrons. The minimum absolute atomic E-state index is 0.316. The third-order valence-electron chi connectivity index (χ3n) is 3.79. The summed E-state index contributed by atoms with van der Waals surface area (Å²) in [5.74, 6) is 1.98. The standard InChI is InChI=1S/C20H24N2O6/c1-6-28-16-9-13(7-8-15(16)24-2)12-21-22-20(23)14-10-17(25-3)19(27-5)18(11-14)26-4/h7-12H,6H2,1-5H3,(H,22,23)/b21-12-. The molecule has 150 valence electrons. The molecule has 2 aromatic carbocycles.